The van der Waals surface area contributed by atoms with Gasteiger partial charge in [-0.3, -0.25) is 5.10 Å². The van der Waals surface area contributed by atoms with Crippen LogP contribution in [0.5, 0.6) is 0 Å². The Morgan fingerprint density at radius 1 is 1.28 bits per heavy atom. The first kappa shape index (κ1) is 15.1. The van der Waals surface area contributed by atoms with Gasteiger partial charge in [0.05, 0.1) is 17.6 Å². The zero-order chi connectivity index (χ0) is 13.8. The summed E-state index contributed by atoms with van der Waals surface area (Å²) in [6.45, 7) is 3.30. The van der Waals surface area contributed by atoms with Crippen LogP contribution in [0, 0.1) is 6.92 Å². The quantitative estimate of drug-likeness (QED) is 0.592. The Balaban J connectivity index is 2.62. The Kier molecular flexibility index (Phi) is 4.85. The smallest absolute Gasteiger partial charge is 0.243 e. The number of nitrogens with zero attached hydrogens (tertiary/aromatic N) is 1. The van der Waals surface area contributed by atoms with Crippen LogP contribution in [-0.4, -0.2) is 45.9 Å². The average Bonchev–Trinajstić information content (AvgIpc) is 2.64. The molecule has 0 saturated heterocycles. The Bertz CT molecular complexity index is 590. The lowest BCUT2D eigenvalue weighted by Gasteiger charge is -2.06. The molecule has 0 radical (unpaired) electrons. The topological polar surface area (TPSA) is 121 Å². The highest BCUT2D eigenvalue weighted by Crippen LogP contribution is 2.10. The van der Waals surface area contributed by atoms with E-state index >= 15 is 0 Å². The second kappa shape index (κ2) is 5.78. The van der Waals surface area contributed by atoms with Gasteiger partial charge in [0.2, 0.25) is 20.0 Å². The lowest BCUT2D eigenvalue weighted by Crippen LogP contribution is -2.34. The molecule has 1 heterocycles. The summed E-state index contributed by atoms with van der Waals surface area (Å²) < 4.78 is 50.6. The molecular weight excluding hydrogens is 280 g/mol. The predicted octanol–water partition coefficient (Wildman–Crippen LogP) is -1.06. The van der Waals surface area contributed by atoms with Crippen molar-refractivity contribution in [3.05, 3.63) is 11.9 Å². The monoisotopic (exact) mass is 296 g/mol. The molecule has 1 aromatic heterocycles. The number of sulfonamides is 2. The average molecular weight is 296 g/mol. The molecule has 3 N–H and O–H groups in total. The van der Waals surface area contributed by atoms with E-state index < -0.39 is 20.0 Å². The normalized spacial score (nSPS) is 12.8. The van der Waals surface area contributed by atoms with Crippen molar-refractivity contribution in [3.63, 3.8) is 0 Å². The number of aromatic amines is 1. The molecule has 0 saturated carbocycles. The van der Waals surface area contributed by atoms with Crippen LogP contribution in [0.4, 0.5) is 0 Å². The molecule has 0 amide bonds. The van der Waals surface area contributed by atoms with E-state index in [-0.39, 0.29) is 23.7 Å². The third-order valence-electron chi connectivity index (χ3n) is 2.10. The third-order valence-corrected chi connectivity index (χ3v) is 5.15. The van der Waals surface area contributed by atoms with Gasteiger partial charge in [-0.1, -0.05) is 6.92 Å². The lowest BCUT2D eigenvalue weighted by molar-refractivity contribution is 0.576. The molecule has 0 aliphatic carbocycles. The Morgan fingerprint density at radius 2 is 1.94 bits per heavy atom. The van der Waals surface area contributed by atoms with Crippen LogP contribution < -0.4 is 9.44 Å². The summed E-state index contributed by atoms with van der Waals surface area (Å²) >= 11 is 0. The van der Waals surface area contributed by atoms with E-state index in [2.05, 4.69) is 19.6 Å². The highest BCUT2D eigenvalue weighted by Gasteiger charge is 2.19. The fourth-order valence-electron chi connectivity index (χ4n) is 1.29. The molecule has 0 unspecified atom stereocenters. The first-order valence-electron chi connectivity index (χ1n) is 5.25. The van der Waals surface area contributed by atoms with Crippen LogP contribution in [0.3, 0.4) is 0 Å². The number of rotatable bonds is 7. The van der Waals surface area contributed by atoms with E-state index in [0.29, 0.717) is 5.69 Å². The Labute approximate surface area is 106 Å². The molecule has 104 valence electrons. The SMILES string of the molecule is CCNS(=O)(=O)CCNS(=O)(=O)c1cn[nH]c1C. The van der Waals surface area contributed by atoms with Crippen LogP contribution >= 0.6 is 0 Å². The summed E-state index contributed by atoms with van der Waals surface area (Å²) in [6, 6.07) is 0. The van der Waals surface area contributed by atoms with Crippen molar-refractivity contribution in [2.75, 3.05) is 18.8 Å². The zero-order valence-electron chi connectivity index (χ0n) is 10.1. The largest absolute Gasteiger partial charge is 0.281 e. The Morgan fingerprint density at radius 3 is 2.44 bits per heavy atom. The number of hydrogen-bond acceptors (Lipinski definition) is 5. The van der Waals surface area contributed by atoms with E-state index in [4.69, 9.17) is 0 Å². The molecule has 0 fully saturated rings. The zero-order valence-corrected chi connectivity index (χ0v) is 11.7. The van der Waals surface area contributed by atoms with Crippen molar-refractivity contribution in [2.45, 2.75) is 18.7 Å². The summed E-state index contributed by atoms with van der Waals surface area (Å²) in [4.78, 5) is 0.0170. The molecule has 0 spiro atoms. The standard InChI is InChI=1S/C8H16N4O4S2/c1-3-10-17(13,14)5-4-11-18(15,16)8-6-9-12-7(8)2/h6,10-11H,3-5H2,1-2H3,(H,9,12). The maximum Gasteiger partial charge on any atom is 0.243 e. The Hall–Kier alpha value is -0.970. The van der Waals surface area contributed by atoms with Crippen LogP contribution in [0.25, 0.3) is 0 Å². The van der Waals surface area contributed by atoms with Gasteiger partial charge in [-0.25, -0.2) is 26.3 Å². The van der Waals surface area contributed by atoms with Crippen molar-refractivity contribution < 1.29 is 16.8 Å². The molecule has 0 aliphatic rings. The molecule has 1 rings (SSSR count). The van der Waals surface area contributed by atoms with Gasteiger partial charge in [-0.15, -0.1) is 0 Å². The second-order valence-electron chi connectivity index (χ2n) is 3.57. The summed E-state index contributed by atoms with van der Waals surface area (Å²) in [6.07, 6.45) is 1.18. The predicted molar refractivity (Wildman–Crippen MR) is 66.0 cm³/mol. The molecule has 0 atom stereocenters. The minimum absolute atomic E-state index is 0.0170. The fraction of sp³-hybridized carbons (Fsp3) is 0.625. The van der Waals surface area contributed by atoms with Gasteiger partial charge in [0, 0.05) is 13.1 Å². The van der Waals surface area contributed by atoms with Crippen molar-refractivity contribution >= 4 is 20.0 Å². The summed E-state index contributed by atoms with van der Waals surface area (Å²) in [7, 11) is -7.15. The maximum absolute atomic E-state index is 11.8. The van der Waals surface area contributed by atoms with Crippen molar-refractivity contribution in [1.29, 1.82) is 0 Å². The number of aryl methyl sites for hydroxylation is 1. The van der Waals surface area contributed by atoms with Gasteiger partial charge < -0.3 is 0 Å². The van der Waals surface area contributed by atoms with Gasteiger partial charge in [0.1, 0.15) is 4.90 Å². The third kappa shape index (κ3) is 4.05. The number of H-pyrrole nitrogens is 1. The van der Waals surface area contributed by atoms with Crippen LogP contribution in [0.2, 0.25) is 0 Å². The molecule has 10 heteroatoms. The maximum atomic E-state index is 11.8. The summed E-state index contributed by atoms with van der Waals surface area (Å²) in [5.74, 6) is -0.309. The first-order chi connectivity index (χ1) is 8.28. The first-order valence-corrected chi connectivity index (χ1v) is 8.39. The molecule has 0 aliphatic heterocycles. The molecule has 18 heavy (non-hydrogen) atoms. The number of hydrogen-bond donors (Lipinski definition) is 3. The van der Waals surface area contributed by atoms with Gasteiger partial charge in [0.25, 0.3) is 0 Å². The van der Waals surface area contributed by atoms with Crippen LogP contribution in [0.15, 0.2) is 11.1 Å². The minimum atomic E-state index is -3.72. The van der Waals surface area contributed by atoms with Gasteiger partial charge >= 0.3 is 0 Å². The van der Waals surface area contributed by atoms with Gasteiger partial charge in [0.15, 0.2) is 0 Å². The van der Waals surface area contributed by atoms with E-state index in [9.17, 15) is 16.8 Å². The summed E-state index contributed by atoms with van der Waals surface area (Å²) in [5.41, 5.74) is 0.400. The fourth-order valence-corrected chi connectivity index (χ4v) is 3.54. The molecular formula is C8H16N4O4S2. The molecule has 1 aromatic rings. The molecule has 0 aromatic carbocycles. The van der Waals surface area contributed by atoms with Crippen LogP contribution in [0.1, 0.15) is 12.6 Å². The van der Waals surface area contributed by atoms with E-state index in [1.165, 1.54) is 6.20 Å². The van der Waals surface area contributed by atoms with Crippen molar-refractivity contribution in [3.8, 4) is 0 Å². The lowest BCUT2D eigenvalue weighted by atomic mass is 10.5. The van der Waals surface area contributed by atoms with Gasteiger partial charge in [-0.2, -0.15) is 5.10 Å². The van der Waals surface area contributed by atoms with E-state index in [1.807, 2.05) is 0 Å². The van der Waals surface area contributed by atoms with Crippen molar-refractivity contribution in [1.82, 2.24) is 19.6 Å². The summed E-state index contributed by atoms with van der Waals surface area (Å²) in [5, 5.41) is 6.10. The highest BCUT2D eigenvalue weighted by atomic mass is 32.2. The molecule has 0 bridgehead atoms. The second-order valence-corrected chi connectivity index (χ2v) is 7.24. The van der Waals surface area contributed by atoms with Crippen molar-refractivity contribution in [2.24, 2.45) is 0 Å². The number of nitrogens with one attached hydrogen (secondary N) is 3. The van der Waals surface area contributed by atoms with E-state index in [0.717, 1.165) is 0 Å². The van der Waals surface area contributed by atoms with Crippen LogP contribution in [-0.2, 0) is 20.0 Å². The van der Waals surface area contributed by atoms with E-state index in [1.54, 1.807) is 13.8 Å². The molecule has 8 nitrogen and oxygen atoms in total. The number of aromatic nitrogens is 2. The van der Waals surface area contributed by atoms with Gasteiger partial charge in [-0.05, 0) is 6.92 Å². The minimum Gasteiger partial charge on any atom is -0.281 e. The highest BCUT2D eigenvalue weighted by molar-refractivity contribution is 7.90.